The molecule has 0 aliphatic rings. The van der Waals surface area contributed by atoms with Gasteiger partial charge in [-0.1, -0.05) is 23.2 Å². The van der Waals surface area contributed by atoms with Crippen LogP contribution >= 0.6 is 23.2 Å². The first-order valence-electron chi connectivity index (χ1n) is 5.51. The van der Waals surface area contributed by atoms with Crippen molar-refractivity contribution in [3.05, 3.63) is 57.6 Å². The van der Waals surface area contributed by atoms with Crippen LogP contribution in [0.1, 0.15) is 11.1 Å². The minimum absolute atomic E-state index is 0.150. The Labute approximate surface area is 121 Å². The quantitative estimate of drug-likeness (QED) is 0.892. The van der Waals surface area contributed by atoms with Crippen molar-refractivity contribution in [1.82, 2.24) is 0 Å². The van der Waals surface area contributed by atoms with Crippen LogP contribution in [0.25, 0.3) is 0 Å². The van der Waals surface area contributed by atoms with E-state index in [0.717, 1.165) is 0 Å². The first-order valence-corrected chi connectivity index (χ1v) is 6.26. The average Bonchev–Trinajstić information content (AvgIpc) is 2.40. The highest BCUT2D eigenvalue weighted by atomic mass is 35.5. The van der Waals surface area contributed by atoms with E-state index in [1.165, 1.54) is 6.07 Å². The van der Waals surface area contributed by atoms with Crippen molar-refractivity contribution in [3.63, 3.8) is 0 Å². The molecule has 2 N–H and O–H groups in total. The predicted molar refractivity (Wildman–Crippen MR) is 76.6 cm³/mol. The molecule has 3 nitrogen and oxygen atoms in total. The molecule has 0 bridgehead atoms. The number of aromatic hydroxyl groups is 1. The summed E-state index contributed by atoms with van der Waals surface area (Å²) < 4.78 is 0. The second-order valence-electron chi connectivity index (χ2n) is 3.93. The van der Waals surface area contributed by atoms with Crippen molar-refractivity contribution in [2.75, 3.05) is 5.32 Å². The summed E-state index contributed by atoms with van der Waals surface area (Å²) in [5.74, 6) is 0.150. The van der Waals surface area contributed by atoms with Gasteiger partial charge in [-0.2, -0.15) is 5.26 Å². The molecule has 19 heavy (non-hydrogen) atoms. The molecule has 0 amide bonds. The van der Waals surface area contributed by atoms with E-state index < -0.39 is 0 Å². The van der Waals surface area contributed by atoms with Crippen molar-refractivity contribution >= 4 is 28.9 Å². The molecule has 0 radical (unpaired) electrons. The first-order chi connectivity index (χ1) is 9.10. The summed E-state index contributed by atoms with van der Waals surface area (Å²) in [5, 5.41) is 22.9. The molecule has 96 valence electrons. The molecule has 0 aromatic heterocycles. The number of rotatable bonds is 3. The van der Waals surface area contributed by atoms with E-state index in [-0.39, 0.29) is 5.75 Å². The number of nitrogens with zero attached hydrogens (tertiary/aromatic N) is 1. The van der Waals surface area contributed by atoms with Crippen molar-refractivity contribution in [2.45, 2.75) is 6.54 Å². The van der Waals surface area contributed by atoms with Gasteiger partial charge in [0.2, 0.25) is 0 Å². The maximum absolute atomic E-state index is 9.70. The van der Waals surface area contributed by atoms with Crippen molar-refractivity contribution in [3.8, 4) is 11.8 Å². The van der Waals surface area contributed by atoms with Crippen LogP contribution in [-0.4, -0.2) is 5.11 Å². The van der Waals surface area contributed by atoms with Crippen LogP contribution in [0.4, 0.5) is 5.69 Å². The number of hydrogen-bond acceptors (Lipinski definition) is 3. The van der Waals surface area contributed by atoms with E-state index in [1.807, 2.05) is 0 Å². The molecule has 0 aliphatic carbocycles. The second-order valence-corrected chi connectivity index (χ2v) is 4.80. The lowest BCUT2D eigenvalue weighted by Crippen LogP contribution is -2.01. The molecule has 0 saturated carbocycles. The molecule has 0 spiro atoms. The third kappa shape index (κ3) is 3.31. The Hall–Kier alpha value is -1.89. The van der Waals surface area contributed by atoms with Crippen molar-refractivity contribution < 1.29 is 5.11 Å². The van der Waals surface area contributed by atoms with Gasteiger partial charge < -0.3 is 10.4 Å². The van der Waals surface area contributed by atoms with Gasteiger partial charge in [0.25, 0.3) is 0 Å². The summed E-state index contributed by atoms with van der Waals surface area (Å²) in [6, 6.07) is 11.8. The predicted octanol–water partition coefficient (Wildman–Crippen LogP) is 4.18. The summed E-state index contributed by atoms with van der Waals surface area (Å²) in [4.78, 5) is 0. The molecular weight excluding hydrogens is 283 g/mol. The fourth-order valence-corrected chi connectivity index (χ4v) is 2.01. The lowest BCUT2D eigenvalue weighted by Gasteiger charge is -2.10. The van der Waals surface area contributed by atoms with Crippen LogP contribution in [-0.2, 0) is 6.54 Å². The molecule has 0 unspecified atom stereocenters. The van der Waals surface area contributed by atoms with Gasteiger partial charge >= 0.3 is 0 Å². The SMILES string of the molecule is N#Cc1ccc(Cl)cc1NCc1cc(Cl)ccc1O. The number of phenols is 1. The molecule has 0 atom stereocenters. The minimum Gasteiger partial charge on any atom is -0.508 e. The van der Waals surface area contributed by atoms with Gasteiger partial charge in [-0.25, -0.2) is 0 Å². The van der Waals surface area contributed by atoms with Gasteiger partial charge in [-0.3, -0.25) is 0 Å². The van der Waals surface area contributed by atoms with Gasteiger partial charge in [-0.15, -0.1) is 0 Å². The summed E-state index contributed by atoms with van der Waals surface area (Å²) in [6.07, 6.45) is 0. The first kappa shape index (κ1) is 13.5. The van der Waals surface area contributed by atoms with Crippen LogP contribution in [0, 0.1) is 11.3 Å². The maximum atomic E-state index is 9.70. The van der Waals surface area contributed by atoms with E-state index in [0.29, 0.717) is 33.4 Å². The molecule has 0 aliphatic heterocycles. The molecule has 5 heteroatoms. The van der Waals surface area contributed by atoms with Gasteiger partial charge in [0.15, 0.2) is 0 Å². The summed E-state index contributed by atoms with van der Waals surface area (Å²) >= 11 is 11.8. The number of nitrogens with one attached hydrogen (secondary N) is 1. The summed E-state index contributed by atoms with van der Waals surface area (Å²) in [7, 11) is 0. The van der Waals surface area contributed by atoms with E-state index in [4.69, 9.17) is 28.5 Å². The Morgan fingerprint density at radius 1 is 1.11 bits per heavy atom. The topological polar surface area (TPSA) is 56.0 Å². The maximum Gasteiger partial charge on any atom is 0.120 e. The number of phenolic OH excluding ortho intramolecular Hbond substituents is 1. The molecule has 0 saturated heterocycles. The van der Waals surface area contributed by atoms with E-state index in [2.05, 4.69) is 11.4 Å². The van der Waals surface area contributed by atoms with E-state index in [9.17, 15) is 5.11 Å². The van der Waals surface area contributed by atoms with Crippen LogP contribution in [0.15, 0.2) is 36.4 Å². The normalized spacial score (nSPS) is 9.95. The van der Waals surface area contributed by atoms with Gasteiger partial charge in [0.05, 0.1) is 11.3 Å². The Bertz CT molecular complexity index is 650. The summed E-state index contributed by atoms with van der Waals surface area (Å²) in [5.41, 5.74) is 1.76. The number of nitriles is 1. The Balaban J connectivity index is 2.21. The fraction of sp³-hybridized carbons (Fsp3) is 0.0714. The Morgan fingerprint density at radius 2 is 1.79 bits per heavy atom. The zero-order valence-electron chi connectivity index (χ0n) is 9.82. The second kappa shape index (κ2) is 5.83. The number of benzene rings is 2. The van der Waals surface area contributed by atoms with E-state index in [1.54, 1.807) is 30.3 Å². The van der Waals surface area contributed by atoms with Crippen LogP contribution in [0.2, 0.25) is 10.0 Å². The largest absolute Gasteiger partial charge is 0.508 e. The third-order valence-corrected chi connectivity index (χ3v) is 3.08. The van der Waals surface area contributed by atoms with Crippen LogP contribution in [0.3, 0.4) is 0 Å². The average molecular weight is 293 g/mol. The van der Waals surface area contributed by atoms with Crippen LogP contribution < -0.4 is 5.32 Å². The number of hydrogen-bond donors (Lipinski definition) is 2. The van der Waals surface area contributed by atoms with Crippen molar-refractivity contribution in [2.24, 2.45) is 0 Å². The number of halogens is 2. The highest BCUT2D eigenvalue weighted by Gasteiger charge is 2.05. The number of anilines is 1. The molecule has 2 rings (SSSR count). The van der Waals surface area contributed by atoms with Crippen molar-refractivity contribution in [1.29, 1.82) is 5.26 Å². The molecule has 2 aromatic carbocycles. The lowest BCUT2D eigenvalue weighted by atomic mass is 10.1. The molecule has 2 aromatic rings. The smallest absolute Gasteiger partial charge is 0.120 e. The fourth-order valence-electron chi connectivity index (χ4n) is 1.65. The zero-order valence-corrected chi connectivity index (χ0v) is 11.3. The van der Waals surface area contributed by atoms with E-state index >= 15 is 0 Å². The minimum atomic E-state index is 0.150. The van der Waals surface area contributed by atoms with Gasteiger partial charge in [-0.05, 0) is 36.4 Å². The molecule has 0 fully saturated rings. The standard InChI is InChI=1S/C14H10Cl2N2O/c15-11-3-4-14(19)10(5-11)8-18-13-6-12(16)2-1-9(13)7-17/h1-6,18-19H,8H2. The summed E-state index contributed by atoms with van der Waals surface area (Å²) in [6.45, 7) is 0.349. The lowest BCUT2D eigenvalue weighted by molar-refractivity contribution is 0.469. The Kier molecular flexibility index (Phi) is 4.16. The Morgan fingerprint density at radius 3 is 2.53 bits per heavy atom. The van der Waals surface area contributed by atoms with Gasteiger partial charge in [0.1, 0.15) is 11.8 Å². The zero-order chi connectivity index (χ0) is 13.8. The molecular formula is C14H10Cl2N2O. The monoisotopic (exact) mass is 292 g/mol. The molecule has 0 heterocycles. The highest BCUT2D eigenvalue weighted by molar-refractivity contribution is 6.31. The highest BCUT2D eigenvalue weighted by Crippen LogP contribution is 2.25. The van der Waals surface area contributed by atoms with Gasteiger partial charge in [0, 0.05) is 22.2 Å². The third-order valence-electron chi connectivity index (χ3n) is 2.61. The van der Waals surface area contributed by atoms with Crippen LogP contribution in [0.5, 0.6) is 5.75 Å².